The molecule has 0 aliphatic heterocycles. The Labute approximate surface area is 46.4 Å². The van der Waals surface area contributed by atoms with E-state index in [9.17, 15) is 22.1 Å². The number of rotatable bonds is 1. The highest BCUT2D eigenvalue weighted by molar-refractivity contribution is 8.35. The van der Waals surface area contributed by atoms with Gasteiger partial charge in [0.25, 0.3) is 9.88 Å². The van der Waals surface area contributed by atoms with E-state index in [1.165, 1.54) is 0 Å². The van der Waals surface area contributed by atoms with Crippen LogP contribution in [0.25, 0.3) is 0 Å². The van der Waals surface area contributed by atoms with E-state index in [-0.39, 0.29) is 0 Å². The van der Waals surface area contributed by atoms with Crippen molar-refractivity contribution in [2.75, 3.05) is 0 Å². The van der Waals surface area contributed by atoms with Crippen molar-refractivity contribution >= 4 is 23.5 Å². The summed E-state index contributed by atoms with van der Waals surface area (Å²) in [5.41, 5.74) is 0. The van der Waals surface area contributed by atoms with Crippen LogP contribution in [0.4, 0.5) is 0 Å². The minimum absolute atomic E-state index is 2.98. The maximum Gasteiger partial charge on any atom is 0.417 e. The van der Waals surface area contributed by atoms with Gasteiger partial charge in [0.1, 0.15) is 0 Å². The molecule has 0 fully saturated rings. The quantitative estimate of drug-likeness (QED) is 0.546. The van der Waals surface area contributed by atoms with E-state index in [0.717, 1.165) is 0 Å². The van der Waals surface area contributed by atoms with Crippen LogP contribution in [0.1, 0.15) is 0 Å². The van der Waals surface area contributed by atoms with Crippen molar-refractivity contribution in [3.63, 3.8) is 0 Å². The fourth-order valence-electron chi connectivity index (χ4n) is 0.0544. The van der Waals surface area contributed by atoms with E-state index in [0.29, 0.717) is 0 Å². The first kappa shape index (κ1) is 7.82. The predicted octanol–water partition coefficient (Wildman–Crippen LogP) is 0.696. The molecule has 46 valence electrons. The summed E-state index contributed by atoms with van der Waals surface area (Å²) in [6, 6.07) is 0. The molecule has 0 aliphatic carbocycles. The molecule has 0 aromatic carbocycles. The van der Waals surface area contributed by atoms with Gasteiger partial charge in [0.05, 0.1) is 0 Å². The second-order valence-electron chi connectivity index (χ2n) is 0.693. The van der Waals surface area contributed by atoms with E-state index in [2.05, 4.69) is 0 Å². The molecule has 8 heavy (non-hydrogen) atoms. The third-order valence-electron chi connectivity index (χ3n) is 0.261. The summed E-state index contributed by atoms with van der Waals surface area (Å²) in [6.45, 7) is 0. The SMILES string of the molecule is O=P(=O)P(=O)=S(=O)=O. The predicted molar refractivity (Wildman–Crippen MR) is 24.8 cm³/mol. The van der Waals surface area contributed by atoms with E-state index in [1.54, 1.807) is 0 Å². The van der Waals surface area contributed by atoms with Crippen molar-refractivity contribution in [1.82, 2.24) is 0 Å². The van der Waals surface area contributed by atoms with Crippen molar-refractivity contribution in [2.24, 2.45) is 0 Å². The second kappa shape index (κ2) is 2.97. The summed E-state index contributed by atoms with van der Waals surface area (Å²) in [6.07, 6.45) is -3.08. The van der Waals surface area contributed by atoms with Gasteiger partial charge < -0.3 is 0 Å². The van der Waals surface area contributed by atoms with Gasteiger partial charge in [-0.25, -0.2) is 13.7 Å². The fourth-order valence-corrected chi connectivity index (χ4v) is 1.47. The van der Waals surface area contributed by atoms with Gasteiger partial charge in [0.15, 0.2) is 0 Å². The van der Waals surface area contributed by atoms with Crippen molar-refractivity contribution in [2.45, 2.75) is 0 Å². The summed E-state index contributed by atoms with van der Waals surface area (Å²) in [4.78, 5) is 0. The summed E-state index contributed by atoms with van der Waals surface area (Å²) >= 11 is 0. The molecule has 0 saturated heterocycles. The lowest BCUT2D eigenvalue weighted by molar-refractivity contribution is 0.523. The number of hydrogen-bond acceptors (Lipinski definition) is 5. The normalized spacial score (nSPS) is 10.2. The van der Waals surface area contributed by atoms with Crippen molar-refractivity contribution in [3.05, 3.63) is 0 Å². The zero-order chi connectivity index (χ0) is 6.73. The molecule has 0 amide bonds. The first-order chi connectivity index (χ1) is 3.55. The monoisotopic (exact) mass is 174 g/mol. The van der Waals surface area contributed by atoms with Crippen LogP contribution < -0.4 is 0 Å². The van der Waals surface area contributed by atoms with Crippen LogP contribution in [0.5, 0.6) is 0 Å². The summed E-state index contributed by atoms with van der Waals surface area (Å²) in [5.74, 6) is 0. The Kier molecular flexibility index (Phi) is 2.90. The van der Waals surface area contributed by atoms with Gasteiger partial charge in [-0.15, -0.1) is 0 Å². The minimum atomic E-state index is -3.30. The van der Waals surface area contributed by atoms with Gasteiger partial charge in [-0.05, 0) is 0 Å². The van der Waals surface area contributed by atoms with E-state index >= 15 is 0 Å². The van der Waals surface area contributed by atoms with Gasteiger partial charge in [0.2, 0.25) is 0 Å². The zero-order valence-corrected chi connectivity index (χ0v) is 5.95. The average Bonchev–Trinajstić information content (AvgIpc) is 1.64. The summed E-state index contributed by atoms with van der Waals surface area (Å²) < 4.78 is 47.7. The lowest BCUT2D eigenvalue weighted by atomic mass is 15.9. The van der Waals surface area contributed by atoms with Crippen molar-refractivity contribution < 1.29 is 22.1 Å². The molecule has 0 saturated carbocycles. The van der Waals surface area contributed by atoms with E-state index in [1.807, 2.05) is 0 Å². The van der Waals surface area contributed by atoms with Crippen LogP contribution in [0.15, 0.2) is 0 Å². The van der Waals surface area contributed by atoms with Crippen LogP contribution >= 0.6 is 13.6 Å². The Balaban J connectivity index is 5.49. The van der Waals surface area contributed by atoms with Crippen LogP contribution in [-0.4, -0.2) is 8.42 Å². The maximum atomic E-state index is 9.78. The van der Waals surface area contributed by atoms with E-state index in [4.69, 9.17) is 0 Å². The van der Waals surface area contributed by atoms with Gasteiger partial charge in [-0.2, -0.15) is 8.42 Å². The van der Waals surface area contributed by atoms with Crippen LogP contribution in [0.3, 0.4) is 0 Å². The standard InChI is InChI=1S/O5P2S/c1-6(2)7(3)8(4)5. The molecule has 0 aliphatic rings. The van der Waals surface area contributed by atoms with Crippen LogP contribution in [-0.2, 0) is 23.6 Å². The molecule has 0 aromatic rings. The van der Waals surface area contributed by atoms with Crippen molar-refractivity contribution in [1.29, 1.82) is 0 Å². The van der Waals surface area contributed by atoms with Gasteiger partial charge in [0, 0.05) is 0 Å². The van der Waals surface area contributed by atoms with Crippen LogP contribution in [0.2, 0.25) is 0 Å². The Morgan fingerprint density at radius 2 is 1.38 bits per heavy atom. The van der Waals surface area contributed by atoms with Crippen molar-refractivity contribution in [3.8, 4) is 0 Å². The minimum Gasteiger partial charge on any atom is -0.249 e. The third kappa shape index (κ3) is 2.21. The lowest BCUT2D eigenvalue weighted by Gasteiger charge is -1.48. The zero-order valence-electron chi connectivity index (χ0n) is 3.34. The first-order valence-electron chi connectivity index (χ1n) is 1.26. The molecule has 0 spiro atoms. The molecule has 8 heteroatoms. The molecule has 0 bridgehead atoms. The Bertz CT molecular complexity index is 292. The molecule has 0 radical (unpaired) electrons. The second-order valence-corrected chi connectivity index (χ2v) is 6.85. The maximum absolute atomic E-state index is 9.78. The lowest BCUT2D eigenvalue weighted by Crippen LogP contribution is -1.38. The Morgan fingerprint density at radius 1 is 1.00 bits per heavy atom. The highest BCUT2D eigenvalue weighted by Gasteiger charge is 1.94. The van der Waals surface area contributed by atoms with Gasteiger partial charge in [-0.1, -0.05) is 0 Å². The Morgan fingerprint density at radius 3 is 1.38 bits per heavy atom. The molecule has 0 N–H and O–H groups in total. The van der Waals surface area contributed by atoms with Gasteiger partial charge in [-0.3, -0.25) is 0 Å². The molecule has 1 unspecified atom stereocenters. The third-order valence-corrected chi connectivity index (χ3v) is 4.75. The fraction of sp³-hybridized carbons (Fsp3) is 0. The largest absolute Gasteiger partial charge is 0.417 e. The van der Waals surface area contributed by atoms with E-state index < -0.39 is 23.5 Å². The number of hydrogen-bond donors (Lipinski definition) is 0. The topological polar surface area (TPSA) is 85.3 Å². The van der Waals surface area contributed by atoms with Gasteiger partial charge >= 0.3 is 13.6 Å². The molecule has 0 rings (SSSR count). The molecule has 5 nitrogen and oxygen atoms in total. The highest BCUT2D eigenvalue weighted by Crippen LogP contribution is 2.30. The highest BCUT2D eigenvalue weighted by atomic mass is 32.6. The summed E-state index contributed by atoms with van der Waals surface area (Å²) in [5, 5.41) is 0. The summed E-state index contributed by atoms with van der Waals surface area (Å²) in [7, 11) is -6.28. The molecule has 0 heterocycles. The first-order valence-corrected chi connectivity index (χ1v) is 6.09. The average molecular weight is 174 g/mol. The molecular weight excluding hydrogens is 174 g/mol. The molecular formula is O5P2S. The van der Waals surface area contributed by atoms with Crippen LogP contribution in [0, 0.1) is 0 Å². The smallest absolute Gasteiger partial charge is 0.249 e. The molecule has 1 atom stereocenters. The molecule has 0 aromatic heterocycles. The Hall–Kier alpha value is -0.180.